The van der Waals surface area contributed by atoms with Gasteiger partial charge in [-0.3, -0.25) is 29.0 Å². The summed E-state index contributed by atoms with van der Waals surface area (Å²) in [4.78, 5) is 79.9. The highest BCUT2D eigenvalue weighted by Gasteiger charge is 2.53. The molecular formula is C25H26N9O8S2-. The molecule has 0 bridgehead atoms. The average molecular weight is 645 g/mol. The van der Waals surface area contributed by atoms with Crippen molar-refractivity contribution < 1.29 is 39.0 Å². The molecule has 2 aromatic rings. The first kappa shape index (κ1) is 30.8. The van der Waals surface area contributed by atoms with Crippen LogP contribution in [0.1, 0.15) is 18.5 Å². The second-order valence-electron chi connectivity index (χ2n) is 9.83. The molecule has 17 nitrogen and oxygen atoms in total. The number of nitrogens with zero attached hydrogens (tertiary/aromatic N) is 7. The average Bonchev–Trinajstić information content (AvgIpc) is 3.42. The summed E-state index contributed by atoms with van der Waals surface area (Å²) in [7, 11) is 1.63. The Kier molecular flexibility index (Phi) is 8.77. The van der Waals surface area contributed by atoms with Crippen LogP contribution < -0.4 is 15.7 Å². The maximum Gasteiger partial charge on any atom is 0.325 e. The number of amides is 6. The van der Waals surface area contributed by atoms with Crippen LogP contribution in [0.15, 0.2) is 40.7 Å². The number of imide groups is 1. The number of aliphatic carboxylic acids is 1. The Morgan fingerprint density at radius 2 is 1.89 bits per heavy atom. The van der Waals surface area contributed by atoms with Crippen molar-refractivity contribution in [1.82, 2.24) is 45.5 Å². The van der Waals surface area contributed by atoms with Crippen molar-refractivity contribution in [3.05, 3.63) is 41.1 Å². The summed E-state index contributed by atoms with van der Waals surface area (Å²) in [5.74, 6) is -4.66. The highest BCUT2D eigenvalue weighted by atomic mass is 32.2. The first-order chi connectivity index (χ1) is 21.0. The number of carbonyl (C=O) groups excluding carboxylic acids is 6. The number of rotatable bonds is 9. The summed E-state index contributed by atoms with van der Waals surface area (Å²) in [5.41, 5.74) is 0.353. The van der Waals surface area contributed by atoms with Crippen molar-refractivity contribution in [3.8, 4) is 5.75 Å². The number of urea groups is 1. The van der Waals surface area contributed by atoms with Gasteiger partial charge in [-0.15, -0.1) is 16.9 Å². The summed E-state index contributed by atoms with van der Waals surface area (Å²) >= 11 is 2.43. The number of fused-ring (bicyclic) bond motifs is 1. The van der Waals surface area contributed by atoms with Crippen molar-refractivity contribution in [3.63, 3.8) is 0 Å². The zero-order valence-corrected chi connectivity index (χ0v) is 25.0. The third-order valence-electron chi connectivity index (χ3n) is 7.19. The molecule has 3 aliphatic rings. The van der Waals surface area contributed by atoms with Gasteiger partial charge in [0, 0.05) is 38.2 Å². The fourth-order valence-corrected chi connectivity index (χ4v) is 7.19. The number of benzene rings is 1. The quantitative estimate of drug-likeness (QED) is 0.147. The van der Waals surface area contributed by atoms with Crippen molar-refractivity contribution >= 4 is 59.2 Å². The number of likely N-dealkylation sites (N-methyl/N-ethyl adjacent to an activating group) is 1. The fraction of sp³-hybridized carbons (Fsp3) is 0.400. The summed E-state index contributed by atoms with van der Waals surface area (Å²) in [6.45, 7) is 2.02. The van der Waals surface area contributed by atoms with Crippen molar-refractivity contribution in [2.75, 3.05) is 31.1 Å². The third kappa shape index (κ3) is 5.79. The van der Waals surface area contributed by atoms with Crippen molar-refractivity contribution in [1.29, 1.82) is 0 Å². The number of thioether (sulfide) groups is 2. The number of tetrazole rings is 1. The van der Waals surface area contributed by atoms with E-state index >= 15 is 0 Å². The van der Waals surface area contributed by atoms with E-state index in [9.17, 15) is 39.0 Å². The molecule has 1 aromatic heterocycles. The number of aromatic hydroxyl groups is 1. The number of piperazine rings is 1. The highest BCUT2D eigenvalue weighted by molar-refractivity contribution is 8.01. The first-order valence-corrected chi connectivity index (χ1v) is 15.3. The Morgan fingerprint density at radius 1 is 1.16 bits per heavy atom. The van der Waals surface area contributed by atoms with Crippen LogP contribution in [0, 0.1) is 0 Å². The number of carbonyl (C=O) groups is 6. The predicted molar refractivity (Wildman–Crippen MR) is 150 cm³/mol. The molecule has 3 N–H and O–H groups in total. The summed E-state index contributed by atoms with van der Waals surface area (Å²) in [6, 6.07) is 1.76. The van der Waals surface area contributed by atoms with Crippen LogP contribution in [0.4, 0.5) is 4.79 Å². The highest BCUT2D eigenvalue weighted by Crippen LogP contribution is 2.41. The van der Waals surface area contributed by atoms with Crippen LogP contribution in [-0.4, -0.2) is 118 Å². The Hall–Kier alpha value is -4.65. The Morgan fingerprint density at radius 3 is 2.52 bits per heavy atom. The van der Waals surface area contributed by atoms with Gasteiger partial charge in [0.1, 0.15) is 23.2 Å². The Labute approximate surface area is 258 Å². The normalized spacial score (nSPS) is 20.7. The second kappa shape index (κ2) is 12.5. The van der Waals surface area contributed by atoms with Crippen LogP contribution in [0.5, 0.6) is 5.75 Å². The number of hydrogen-bond acceptors (Lipinski definition) is 13. The maximum absolute atomic E-state index is 13.5. The number of nitrogens with one attached hydrogen (secondary N) is 2. The zero-order chi connectivity index (χ0) is 31.7. The minimum absolute atomic E-state index is 0.0882. The van der Waals surface area contributed by atoms with Gasteiger partial charge in [0.25, 0.3) is 5.91 Å². The van der Waals surface area contributed by atoms with E-state index in [0.717, 1.165) is 4.90 Å². The van der Waals surface area contributed by atoms with E-state index in [0.29, 0.717) is 22.2 Å². The second-order valence-corrected chi connectivity index (χ2v) is 11.9. The molecule has 0 radical (unpaired) electrons. The van der Waals surface area contributed by atoms with Gasteiger partial charge in [-0.2, -0.15) is 0 Å². The zero-order valence-electron chi connectivity index (χ0n) is 23.3. The van der Waals surface area contributed by atoms with Gasteiger partial charge in [-0.05, 0) is 40.6 Å². The molecule has 44 heavy (non-hydrogen) atoms. The summed E-state index contributed by atoms with van der Waals surface area (Å²) < 4.78 is 1.42. The molecule has 0 aliphatic carbocycles. The molecule has 0 saturated carbocycles. The van der Waals surface area contributed by atoms with E-state index in [2.05, 4.69) is 26.2 Å². The summed E-state index contributed by atoms with van der Waals surface area (Å²) in [6.07, 6.45) is 0. The first-order valence-electron chi connectivity index (χ1n) is 13.3. The molecular weight excluding hydrogens is 618 g/mol. The van der Waals surface area contributed by atoms with Gasteiger partial charge in [0.05, 0.1) is 11.7 Å². The van der Waals surface area contributed by atoms with E-state index in [1.165, 1.54) is 57.4 Å². The minimum atomic E-state index is -1.54. The molecule has 2 saturated heterocycles. The number of carboxylic acid groups (broad SMARTS) is 1. The smallest absolute Gasteiger partial charge is 0.325 e. The van der Waals surface area contributed by atoms with Crippen LogP contribution in [0.3, 0.4) is 0 Å². The molecule has 3 aliphatic heterocycles. The van der Waals surface area contributed by atoms with E-state index < -0.39 is 53.1 Å². The molecule has 2 fully saturated rings. The van der Waals surface area contributed by atoms with Gasteiger partial charge >= 0.3 is 17.8 Å². The number of hydrogen-bond donors (Lipinski definition) is 3. The monoisotopic (exact) mass is 644 g/mol. The molecule has 0 spiro atoms. The van der Waals surface area contributed by atoms with Gasteiger partial charge < -0.3 is 30.5 Å². The van der Waals surface area contributed by atoms with Crippen LogP contribution in [0.25, 0.3) is 0 Å². The third-order valence-corrected chi connectivity index (χ3v) is 9.62. The van der Waals surface area contributed by atoms with Crippen LogP contribution >= 0.6 is 23.5 Å². The Balaban J connectivity index is 1.31. The number of β-lactam (4-membered cyclic amide) rings is 1. The van der Waals surface area contributed by atoms with E-state index in [1.54, 1.807) is 14.0 Å². The number of phenols is 1. The van der Waals surface area contributed by atoms with E-state index in [4.69, 9.17) is 0 Å². The topological polar surface area (TPSA) is 223 Å². The molecule has 4 heterocycles. The lowest BCUT2D eigenvalue weighted by Gasteiger charge is -2.51. The predicted octanol–water partition coefficient (Wildman–Crippen LogP) is -2.45. The molecule has 1 aromatic carbocycles. The fourth-order valence-electron chi connectivity index (χ4n) is 4.85. The van der Waals surface area contributed by atoms with E-state index in [-0.39, 0.29) is 41.6 Å². The van der Waals surface area contributed by atoms with Crippen molar-refractivity contribution in [2.45, 2.75) is 29.5 Å². The van der Waals surface area contributed by atoms with Gasteiger partial charge in [0.2, 0.25) is 11.1 Å². The largest absolute Gasteiger partial charge is 0.543 e. The SMILES string of the molecule is CCN1CCN(C(=O)N[C@H](C(=O)N[C@@H]2C(=O)N3C(C(=O)[O-])=C(CSc4nnnn4C)CS[C@H]23)c2ccc(O)cc2)C(=O)C1=O. The number of aryl methyl sites for hydroxylation is 1. The number of phenolic OH excluding ortho intramolecular Hbond substituents is 1. The lowest BCUT2D eigenvalue weighted by molar-refractivity contribution is -0.301. The minimum Gasteiger partial charge on any atom is -0.543 e. The summed E-state index contributed by atoms with van der Waals surface area (Å²) in [5, 5.41) is 37.7. The number of carboxylic acids is 1. The molecule has 19 heteroatoms. The van der Waals surface area contributed by atoms with Crippen LogP contribution in [-0.2, 0) is 31.0 Å². The molecule has 6 amide bonds. The van der Waals surface area contributed by atoms with E-state index in [1.807, 2.05) is 0 Å². The number of aromatic nitrogens is 4. The van der Waals surface area contributed by atoms with Gasteiger partial charge in [-0.1, -0.05) is 23.9 Å². The molecule has 0 unspecified atom stereocenters. The van der Waals surface area contributed by atoms with Crippen LogP contribution in [0.2, 0.25) is 0 Å². The molecule has 3 atom stereocenters. The van der Waals surface area contributed by atoms with Gasteiger partial charge in [-0.25, -0.2) is 9.48 Å². The van der Waals surface area contributed by atoms with Gasteiger partial charge in [0.15, 0.2) is 0 Å². The molecule has 232 valence electrons. The maximum atomic E-state index is 13.5. The lowest BCUT2D eigenvalue weighted by atomic mass is 10.0. The van der Waals surface area contributed by atoms with Crippen molar-refractivity contribution in [2.24, 2.45) is 7.05 Å². The Bertz CT molecular complexity index is 1560. The standard InChI is InChI=1S/C25H27N9O8S2/c1-3-32-8-9-33(21(39)20(32)38)24(42)27-15(12-4-6-14(35)7-5-12)18(36)26-16-19(37)34-17(23(40)41)13(10-43-22(16)34)11-44-25-28-29-30-31(25)2/h4-7,15-16,22,35H,3,8-11H2,1-2H3,(H,26,36)(H,27,42)(H,40,41)/p-1/t15-,16+,22+/m0/s1. The lowest BCUT2D eigenvalue weighted by Crippen LogP contribution is -2.71. The molecule has 5 rings (SSSR count).